The summed E-state index contributed by atoms with van der Waals surface area (Å²) in [6.45, 7) is 0. The Morgan fingerprint density at radius 3 is 2.73 bits per heavy atom. The molecule has 0 aliphatic carbocycles. The first-order chi connectivity index (χ1) is 10.5. The van der Waals surface area contributed by atoms with E-state index in [2.05, 4.69) is 20.6 Å². The molecule has 0 fully saturated rings. The minimum atomic E-state index is -0.417. The highest BCUT2D eigenvalue weighted by molar-refractivity contribution is 6.30. The van der Waals surface area contributed by atoms with E-state index < -0.39 is 6.03 Å². The average Bonchev–Trinajstić information content (AvgIpc) is 2.47. The zero-order chi connectivity index (χ0) is 16.1. The fraction of sp³-hybridized carbons (Fsp3) is 0.214. The Labute approximate surface area is 133 Å². The van der Waals surface area contributed by atoms with Gasteiger partial charge in [-0.15, -0.1) is 0 Å². The molecule has 22 heavy (non-hydrogen) atoms. The van der Waals surface area contributed by atoms with Crippen LogP contribution in [0.4, 0.5) is 22.0 Å². The first kappa shape index (κ1) is 15.8. The molecule has 7 nitrogen and oxygen atoms in total. The number of benzene rings is 1. The summed E-state index contributed by atoms with van der Waals surface area (Å²) in [5.74, 6) is 0.535. The Morgan fingerprint density at radius 1 is 1.32 bits per heavy atom. The van der Waals surface area contributed by atoms with Crippen LogP contribution in [0.5, 0.6) is 6.01 Å². The monoisotopic (exact) mass is 321 g/mol. The van der Waals surface area contributed by atoms with Crippen molar-refractivity contribution < 1.29 is 9.53 Å². The van der Waals surface area contributed by atoms with Crippen molar-refractivity contribution in [2.45, 2.75) is 0 Å². The molecule has 116 valence electrons. The molecule has 2 N–H and O–H groups in total. The molecule has 0 spiro atoms. The van der Waals surface area contributed by atoms with Gasteiger partial charge in [0.2, 0.25) is 0 Å². The van der Waals surface area contributed by atoms with E-state index in [0.29, 0.717) is 22.2 Å². The van der Waals surface area contributed by atoms with Crippen LogP contribution in [0.1, 0.15) is 0 Å². The molecule has 0 aliphatic rings. The third kappa shape index (κ3) is 3.98. The van der Waals surface area contributed by atoms with Gasteiger partial charge in [-0.05, 0) is 18.2 Å². The van der Waals surface area contributed by atoms with Gasteiger partial charge in [-0.2, -0.15) is 4.98 Å². The summed E-state index contributed by atoms with van der Waals surface area (Å²) in [6, 6.07) is 6.68. The van der Waals surface area contributed by atoms with Crippen LogP contribution in [-0.4, -0.2) is 37.2 Å². The third-order valence-corrected chi connectivity index (χ3v) is 2.92. The standard InChI is InChI=1S/C14H16ClN5O2/c1-20(2)12-11(8-16-14(19-12)22-3)18-13(21)17-10-6-4-5-9(15)7-10/h4-8H,1-3H3,(H2,17,18,21). The van der Waals surface area contributed by atoms with Gasteiger partial charge >= 0.3 is 12.0 Å². The minimum absolute atomic E-state index is 0.226. The van der Waals surface area contributed by atoms with E-state index in [1.54, 1.807) is 29.2 Å². The van der Waals surface area contributed by atoms with Crippen LogP contribution in [0.15, 0.2) is 30.5 Å². The molecule has 0 saturated heterocycles. The summed E-state index contributed by atoms with van der Waals surface area (Å²) in [7, 11) is 5.09. The summed E-state index contributed by atoms with van der Waals surface area (Å²) in [5.41, 5.74) is 1.05. The molecular weight excluding hydrogens is 306 g/mol. The Kier molecular flexibility index (Phi) is 5.00. The van der Waals surface area contributed by atoms with Crippen molar-refractivity contribution in [3.63, 3.8) is 0 Å². The second-order valence-corrected chi connectivity index (χ2v) is 5.01. The number of hydrogen-bond donors (Lipinski definition) is 2. The number of amides is 2. The Hall–Kier alpha value is -2.54. The fourth-order valence-corrected chi connectivity index (χ4v) is 1.93. The predicted molar refractivity (Wildman–Crippen MR) is 87.0 cm³/mol. The third-order valence-electron chi connectivity index (χ3n) is 2.68. The maximum absolute atomic E-state index is 12.1. The number of nitrogens with one attached hydrogen (secondary N) is 2. The summed E-state index contributed by atoms with van der Waals surface area (Å²) in [5, 5.41) is 5.92. The molecule has 2 rings (SSSR count). The second-order valence-electron chi connectivity index (χ2n) is 4.58. The summed E-state index contributed by atoms with van der Waals surface area (Å²) < 4.78 is 4.98. The van der Waals surface area contributed by atoms with Gasteiger partial charge in [-0.1, -0.05) is 17.7 Å². The lowest BCUT2D eigenvalue weighted by molar-refractivity contribution is 0.262. The van der Waals surface area contributed by atoms with Crippen molar-refractivity contribution in [3.05, 3.63) is 35.5 Å². The molecule has 0 unspecified atom stereocenters. The SMILES string of the molecule is COc1ncc(NC(=O)Nc2cccc(Cl)c2)c(N(C)C)n1. The number of carbonyl (C=O) groups excluding carboxylic acids is 1. The first-order valence-electron chi connectivity index (χ1n) is 6.41. The number of hydrogen-bond acceptors (Lipinski definition) is 5. The number of nitrogens with zero attached hydrogens (tertiary/aromatic N) is 3. The zero-order valence-electron chi connectivity index (χ0n) is 12.4. The molecule has 1 aromatic carbocycles. The maximum Gasteiger partial charge on any atom is 0.323 e. The van der Waals surface area contributed by atoms with E-state index in [1.165, 1.54) is 13.3 Å². The molecule has 2 aromatic rings. The van der Waals surface area contributed by atoms with E-state index in [1.807, 2.05) is 14.1 Å². The van der Waals surface area contributed by atoms with Crippen molar-refractivity contribution in [2.24, 2.45) is 0 Å². The van der Waals surface area contributed by atoms with Gasteiger partial charge in [0.25, 0.3) is 0 Å². The average molecular weight is 322 g/mol. The highest BCUT2D eigenvalue weighted by Gasteiger charge is 2.12. The van der Waals surface area contributed by atoms with Gasteiger partial charge in [0, 0.05) is 24.8 Å². The van der Waals surface area contributed by atoms with Crippen molar-refractivity contribution in [3.8, 4) is 6.01 Å². The summed E-state index contributed by atoms with van der Waals surface area (Å²) in [4.78, 5) is 22.0. The summed E-state index contributed by atoms with van der Waals surface area (Å²) >= 11 is 5.88. The smallest absolute Gasteiger partial charge is 0.323 e. The number of urea groups is 1. The normalized spacial score (nSPS) is 10.0. The number of halogens is 1. The molecule has 0 atom stereocenters. The first-order valence-corrected chi connectivity index (χ1v) is 6.79. The van der Waals surface area contributed by atoms with E-state index in [0.717, 1.165) is 0 Å². The van der Waals surface area contributed by atoms with Gasteiger partial charge in [0.15, 0.2) is 5.82 Å². The lowest BCUT2D eigenvalue weighted by atomic mass is 10.3. The number of carbonyl (C=O) groups is 1. The molecule has 8 heteroatoms. The van der Waals surface area contributed by atoms with Crippen LogP contribution < -0.4 is 20.3 Å². The van der Waals surface area contributed by atoms with Crippen molar-refractivity contribution in [2.75, 3.05) is 36.7 Å². The van der Waals surface area contributed by atoms with Crippen LogP contribution in [0.25, 0.3) is 0 Å². The van der Waals surface area contributed by atoms with Crippen LogP contribution in [0.2, 0.25) is 5.02 Å². The van der Waals surface area contributed by atoms with Gasteiger partial charge in [-0.25, -0.2) is 9.78 Å². The van der Waals surface area contributed by atoms with Crippen molar-refractivity contribution >= 4 is 34.8 Å². The number of aromatic nitrogens is 2. The topological polar surface area (TPSA) is 79.4 Å². The number of rotatable bonds is 4. The number of methoxy groups -OCH3 is 1. The van der Waals surface area contributed by atoms with E-state index in [4.69, 9.17) is 16.3 Å². The highest BCUT2D eigenvalue weighted by Crippen LogP contribution is 2.23. The molecule has 2 amide bonds. The molecular formula is C14H16ClN5O2. The molecule has 0 saturated carbocycles. The molecule has 0 aliphatic heterocycles. The van der Waals surface area contributed by atoms with Gasteiger partial charge < -0.3 is 20.3 Å². The van der Waals surface area contributed by atoms with Crippen molar-refractivity contribution in [1.29, 1.82) is 0 Å². The largest absolute Gasteiger partial charge is 0.467 e. The van der Waals surface area contributed by atoms with Crippen LogP contribution in [0, 0.1) is 0 Å². The molecule has 1 heterocycles. The van der Waals surface area contributed by atoms with Gasteiger partial charge in [0.1, 0.15) is 5.69 Å². The van der Waals surface area contributed by atoms with E-state index >= 15 is 0 Å². The van der Waals surface area contributed by atoms with Crippen LogP contribution in [-0.2, 0) is 0 Å². The van der Waals surface area contributed by atoms with Crippen molar-refractivity contribution in [1.82, 2.24) is 9.97 Å². The second kappa shape index (κ2) is 6.95. The number of anilines is 3. The lowest BCUT2D eigenvalue weighted by Gasteiger charge is -2.17. The highest BCUT2D eigenvalue weighted by atomic mass is 35.5. The maximum atomic E-state index is 12.1. The molecule has 0 bridgehead atoms. The molecule has 1 aromatic heterocycles. The van der Waals surface area contributed by atoms with Crippen LogP contribution in [0.3, 0.4) is 0 Å². The van der Waals surface area contributed by atoms with E-state index in [-0.39, 0.29) is 6.01 Å². The van der Waals surface area contributed by atoms with E-state index in [9.17, 15) is 4.79 Å². The predicted octanol–water partition coefficient (Wildman–Crippen LogP) is 2.85. The fourth-order valence-electron chi connectivity index (χ4n) is 1.74. The Morgan fingerprint density at radius 2 is 2.09 bits per heavy atom. The lowest BCUT2D eigenvalue weighted by Crippen LogP contribution is -2.22. The Bertz CT molecular complexity index is 678. The zero-order valence-corrected chi connectivity index (χ0v) is 13.2. The summed E-state index contributed by atoms with van der Waals surface area (Å²) in [6.07, 6.45) is 1.48. The number of ether oxygens (including phenoxy) is 1. The quantitative estimate of drug-likeness (QED) is 0.905. The Balaban J connectivity index is 2.14. The minimum Gasteiger partial charge on any atom is -0.467 e. The van der Waals surface area contributed by atoms with Gasteiger partial charge in [-0.3, -0.25) is 0 Å². The van der Waals surface area contributed by atoms with Crippen LogP contribution >= 0.6 is 11.6 Å². The molecule has 0 radical (unpaired) electrons. The van der Waals surface area contributed by atoms with Gasteiger partial charge in [0.05, 0.1) is 13.3 Å².